The van der Waals surface area contributed by atoms with Crippen LogP contribution >= 0.6 is 0 Å². The maximum Gasteiger partial charge on any atom is 0.106 e. The van der Waals surface area contributed by atoms with Gasteiger partial charge in [0.15, 0.2) is 0 Å². The highest BCUT2D eigenvalue weighted by Crippen LogP contribution is 2.30. The second-order valence-corrected chi connectivity index (χ2v) is 5.95. The van der Waals surface area contributed by atoms with Crippen molar-refractivity contribution in [1.82, 2.24) is 25.1 Å². The molecule has 1 aliphatic rings. The molecule has 0 aliphatic carbocycles. The molecule has 1 aliphatic heterocycles. The van der Waals surface area contributed by atoms with Crippen LogP contribution in [0.1, 0.15) is 62.3 Å². The standard InChI is InChI=1S/C16H25N5/c1-2-3-7-16-17-11-13(19-16)12-21-10-5-4-6-15(21)14-8-9-18-20-14/h8-9,11,15H,2-7,10,12H2,1H3,(H,17,19)(H,18,20). The highest BCUT2D eigenvalue weighted by atomic mass is 15.2. The topological polar surface area (TPSA) is 60.6 Å². The smallest absolute Gasteiger partial charge is 0.106 e. The number of likely N-dealkylation sites (tertiary alicyclic amines) is 1. The van der Waals surface area contributed by atoms with E-state index in [0.29, 0.717) is 6.04 Å². The van der Waals surface area contributed by atoms with Crippen LogP contribution in [0.2, 0.25) is 0 Å². The number of H-pyrrole nitrogens is 2. The number of unbranched alkanes of at least 4 members (excludes halogenated alkanes) is 1. The zero-order valence-electron chi connectivity index (χ0n) is 12.8. The van der Waals surface area contributed by atoms with Gasteiger partial charge in [0.05, 0.1) is 11.7 Å². The summed E-state index contributed by atoms with van der Waals surface area (Å²) in [7, 11) is 0. The molecular formula is C16H25N5. The molecule has 1 atom stereocenters. The second kappa shape index (κ2) is 6.89. The van der Waals surface area contributed by atoms with Gasteiger partial charge in [-0.3, -0.25) is 10.00 Å². The Labute approximate surface area is 126 Å². The number of aromatic amines is 2. The average molecular weight is 287 g/mol. The first kappa shape index (κ1) is 14.3. The van der Waals surface area contributed by atoms with Crippen molar-refractivity contribution in [3.8, 4) is 0 Å². The van der Waals surface area contributed by atoms with E-state index in [1.807, 2.05) is 12.4 Å². The lowest BCUT2D eigenvalue weighted by atomic mass is 9.99. The second-order valence-electron chi connectivity index (χ2n) is 5.95. The lowest BCUT2D eigenvalue weighted by Gasteiger charge is -2.34. The molecule has 5 nitrogen and oxygen atoms in total. The zero-order valence-corrected chi connectivity index (χ0v) is 12.8. The summed E-state index contributed by atoms with van der Waals surface area (Å²) in [5.41, 5.74) is 2.47. The van der Waals surface area contributed by atoms with Gasteiger partial charge >= 0.3 is 0 Å². The van der Waals surface area contributed by atoms with Crippen LogP contribution in [0.3, 0.4) is 0 Å². The summed E-state index contributed by atoms with van der Waals surface area (Å²) in [6.07, 6.45) is 11.1. The monoisotopic (exact) mass is 287 g/mol. The molecule has 0 saturated carbocycles. The van der Waals surface area contributed by atoms with Crippen LogP contribution in [0, 0.1) is 0 Å². The van der Waals surface area contributed by atoms with Crippen LogP contribution in [-0.4, -0.2) is 31.6 Å². The van der Waals surface area contributed by atoms with Crippen LogP contribution in [0.4, 0.5) is 0 Å². The Hall–Kier alpha value is -1.62. The molecular weight excluding hydrogens is 262 g/mol. The lowest BCUT2D eigenvalue weighted by Crippen LogP contribution is -2.33. The van der Waals surface area contributed by atoms with Crippen molar-refractivity contribution in [3.05, 3.63) is 35.7 Å². The van der Waals surface area contributed by atoms with Gasteiger partial charge in [-0.25, -0.2) is 4.98 Å². The molecule has 1 fully saturated rings. The van der Waals surface area contributed by atoms with E-state index >= 15 is 0 Å². The van der Waals surface area contributed by atoms with Crippen molar-refractivity contribution in [2.75, 3.05) is 6.54 Å². The number of imidazole rings is 1. The molecule has 2 aromatic rings. The fourth-order valence-electron chi connectivity index (χ4n) is 3.16. The van der Waals surface area contributed by atoms with Crippen LogP contribution in [-0.2, 0) is 13.0 Å². The summed E-state index contributed by atoms with van der Waals surface area (Å²) < 4.78 is 0. The Kier molecular flexibility index (Phi) is 4.70. The SMILES string of the molecule is CCCCc1ncc(CN2CCCCC2c2ccn[nH]2)[nH]1. The molecule has 21 heavy (non-hydrogen) atoms. The molecule has 0 bridgehead atoms. The molecule has 114 valence electrons. The molecule has 0 aromatic carbocycles. The normalized spacial score (nSPS) is 20.0. The predicted molar refractivity (Wildman–Crippen MR) is 82.8 cm³/mol. The molecule has 0 radical (unpaired) electrons. The van der Waals surface area contributed by atoms with E-state index in [1.165, 1.54) is 43.5 Å². The Bertz CT molecular complexity index is 531. The fourth-order valence-corrected chi connectivity index (χ4v) is 3.16. The number of aromatic nitrogens is 4. The van der Waals surface area contributed by atoms with Crippen LogP contribution in [0.25, 0.3) is 0 Å². The Morgan fingerprint density at radius 3 is 3.14 bits per heavy atom. The summed E-state index contributed by atoms with van der Waals surface area (Å²) in [6, 6.07) is 2.56. The van der Waals surface area contributed by atoms with Crippen molar-refractivity contribution >= 4 is 0 Å². The van der Waals surface area contributed by atoms with E-state index in [0.717, 1.165) is 25.3 Å². The van der Waals surface area contributed by atoms with Crippen molar-refractivity contribution in [1.29, 1.82) is 0 Å². The molecule has 1 saturated heterocycles. The summed E-state index contributed by atoms with van der Waals surface area (Å²) in [5, 5.41) is 7.24. The molecule has 3 rings (SSSR count). The van der Waals surface area contributed by atoms with E-state index in [-0.39, 0.29) is 0 Å². The number of rotatable bonds is 6. The third kappa shape index (κ3) is 3.53. The molecule has 0 amide bonds. The zero-order chi connectivity index (χ0) is 14.5. The van der Waals surface area contributed by atoms with Crippen LogP contribution in [0.5, 0.6) is 0 Å². The van der Waals surface area contributed by atoms with Crippen molar-refractivity contribution in [2.45, 2.75) is 58.0 Å². The first-order valence-electron chi connectivity index (χ1n) is 8.13. The minimum absolute atomic E-state index is 0.462. The van der Waals surface area contributed by atoms with E-state index < -0.39 is 0 Å². The third-order valence-electron chi connectivity index (χ3n) is 4.32. The predicted octanol–water partition coefficient (Wildman–Crippen LogP) is 3.20. The fraction of sp³-hybridized carbons (Fsp3) is 0.625. The number of hydrogen-bond donors (Lipinski definition) is 2. The van der Waals surface area contributed by atoms with Gasteiger partial charge in [-0.1, -0.05) is 19.8 Å². The van der Waals surface area contributed by atoms with Crippen molar-refractivity contribution in [3.63, 3.8) is 0 Å². The number of nitrogens with one attached hydrogen (secondary N) is 2. The van der Waals surface area contributed by atoms with Crippen LogP contribution in [0.15, 0.2) is 18.5 Å². The minimum Gasteiger partial charge on any atom is -0.345 e. The van der Waals surface area contributed by atoms with Gasteiger partial charge in [-0.05, 0) is 31.9 Å². The van der Waals surface area contributed by atoms with Gasteiger partial charge in [0, 0.05) is 31.1 Å². The van der Waals surface area contributed by atoms with E-state index in [4.69, 9.17) is 0 Å². The first-order valence-corrected chi connectivity index (χ1v) is 8.13. The minimum atomic E-state index is 0.462. The van der Waals surface area contributed by atoms with E-state index in [2.05, 4.69) is 38.1 Å². The Balaban J connectivity index is 1.65. The maximum absolute atomic E-state index is 4.50. The molecule has 1 unspecified atom stereocenters. The lowest BCUT2D eigenvalue weighted by molar-refractivity contribution is 0.135. The summed E-state index contributed by atoms with van der Waals surface area (Å²) in [4.78, 5) is 10.5. The third-order valence-corrected chi connectivity index (χ3v) is 4.32. The Morgan fingerprint density at radius 2 is 2.33 bits per heavy atom. The summed E-state index contributed by atoms with van der Waals surface area (Å²) in [5.74, 6) is 1.13. The van der Waals surface area contributed by atoms with Crippen LogP contribution < -0.4 is 0 Å². The molecule has 5 heteroatoms. The number of hydrogen-bond acceptors (Lipinski definition) is 3. The Morgan fingerprint density at radius 1 is 1.38 bits per heavy atom. The average Bonchev–Trinajstić information content (AvgIpc) is 3.17. The molecule has 2 N–H and O–H groups in total. The van der Waals surface area contributed by atoms with Gasteiger partial charge in [0.1, 0.15) is 5.82 Å². The van der Waals surface area contributed by atoms with Gasteiger partial charge in [-0.2, -0.15) is 5.10 Å². The number of aryl methyl sites for hydroxylation is 1. The number of nitrogens with zero attached hydrogens (tertiary/aromatic N) is 3. The largest absolute Gasteiger partial charge is 0.345 e. The van der Waals surface area contributed by atoms with Gasteiger partial charge < -0.3 is 4.98 Å². The molecule has 0 spiro atoms. The van der Waals surface area contributed by atoms with Crippen molar-refractivity contribution in [2.24, 2.45) is 0 Å². The first-order chi connectivity index (χ1) is 10.4. The quantitative estimate of drug-likeness (QED) is 0.857. The summed E-state index contributed by atoms with van der Waals surface area (Å²) in [6.45, 7) is 4.31. The number of piperidine rings is 1. The highest BCUT2D eigenvalue weighted by Gasteiger charge is 2.25. The van der Waals surface area contributed by atoms with Gasteiger partial charge in [-0.15, -0.1) is 0 Å². The van der Waals surface area contributed by atoms with E-state index in [9.17, 15) is 0 Å². The maximum atomic E-state index is 4.50. The van der Waals surface area contributed by atoms with Gasteiger partial charge in [0.25, 0.3) is 0 Å². The van der Waals surface area contributed by atoms with Crippen molar-refractivity contribution < 1.29 is 0 Å². The molecule has 2 aromatic heterocycles. The molecule has 3 heterocycles. The summed E-state index contributed by atoms with van der Waals surface area (Å²) >= 11 is 0. The highest BCUT2D eigenvalue weighted by molar-refractivity contribution is 5.08. The van der Waals surface area contributed by atoms with Gasteiger partial charge in [0.2, 0.25) is 0 Å². The van der Waals surface area contributed by atoms with E-state index in [1.54, 1.807) is 0 Å².